The molecule has 2 aromatic rings. The number of rotatable bonds is 2. The van der Waals surface area contributed by atoms with Gasteiger partial charge in [0.05, 0.1) is 6.54 Å². The highest BCUT2D eigenvalue weighted by Gasteiger charge is 2.43. The molecule has 3 unspecified atom stereocenters. The predicted molar refractivity (Wildman–Crippen MR) is 82.7 cm³/mol. The molecule has 0 saturated carbocycles. The van der Waals surface area contributed by atoms with Gasteiger partial charge in [-0.15, -0.1) is 0 Å². The van der Waals surface area contributed by atoms with Crippen LogP contribution in [0.4, 0.5) is 0 Å². The third kappa shape index (κ3) is 2.72. The van der Waals surface area contributed by atoms with Gasteiger partial charge in [0.1, 0.15) is 6.10 Å². The summed E-state index contributed by atoms with van der Waals surface area (Å²) in [4.78, 5) is 2.15. The zero-order valence-corrected chi connectivity index (χ0v) is 12.4. The van der Waals surface area contributed by atoms with E-state index in [0.29, 0.717) is 6.54 Å². The van der Waals surface area contributed by atoms with Crippen molar-refractivity contribution in [3.63, 3.8) is 0 Å². The van der Waals surface area contributed by atoms with Gasteiger partial charge in [-0.25, -0.2) is 0 Å². The van der Waals surface area contributed by atoms with Gasteiger partial charge in [0, 0.05) is 11.6 Å². The van der Waals surface area contributed by atoms with E-state index in [2.05, 4.69) is 11.8 Å². The van der Waals surface area contributed by atoms with Crippen LogP contribution in [0, 0.1) is 0 Å². The van der Waals surface area contributed by atoms with E-state index in [9.17, 15) is 5.11 Å². The Labute approximate surface area is 125 Å². The molecule has 3 heteroatoms. The van der Waals surface area contributed by atoms with E-state index in [1.54, 1.807) is 0 Å². The SMILES string of the molecule is CC1C(c2ccccc2)OC(O)(c2ccccc2)CN1C. The first-order valence-electron chi connectivity index (χ1n) is 7.31. The minimum absolute atomic E-state index is 0.157. The number of hydrogen-bond donors (Lipinski definition) is 1. The predicted octanol–water partition coefficient (Wildman–Crippen LogP) is 2.92. The Balaban J connectivity index is 1.95. The molecule has 0 aromatic heterocycles. The summed E-state index contributed by atoms with van der Waals surface area (Å²) in [6, 6.07) is 19.9. The number of likely N-dealkylation sites (N-methyl/N-ethyl adjacent to an activating group) is 1. The number of aliphatic hydroxyl groups is 1. The number of ether oxygens (including phenoxy) is 1. The minimum atomic E-state index is -1.27. The fourth-order valence-corrected chi connectivity index (χ4v) is 2.91. The number of benzene rings is 2. The first-order chi connectivity index (χ1) is 10.1. The third-order valence-electron chi connectivity index (χ3n) is 4.27. The number of morpholine rings is 1. The molecule has 1 saturated heterocycles. The second-order valence-electron chi connectivity index (χ2n) is 5.76. The van der Waals surface area contributed by atoms with Crippen LogP contribution < -0.4 is 0 Å². The fourth-order valence-electron chi connectivity index (χ4n) is 2.91. The van der Waals surface area contributed by atoms with Crippen molar-refractivity contribution in [1.29, 1.82) is 0 Å². The van der Waals surface area contributed by atoms with Crippen molar-refractivity contribution >= 4 is 0 Å². The summed E-state index contributed by atoms with van der Waals surface area (Å²) < 4.78 is 6.14. The smallest absolute Gasteiger partial charge is 0.206 e. The van der Waals surface area contributed by atoms with Crippen LogP contribution in [-0.2, 0) is 10.5 Å². The molecule has 1 heterocycles. The van der Waals surface area contributed by atoms with Crippen LogP contribution in [-0.4, -0.2) is 29.6 Å². The second-order valence-corrected chi connectivity index (χ2v) is 5.76. The molecule has 0 amide bonds. The molecule has 1 fully saturated rings. The average molecular weight is 283 g/mol. The van der Waals surface area contributed by atoms with Gasteiger partial charge in [0.25, 0.3) is 0 Å². The molecule has 110 valence electrons. The highest BCUT2D eigenvalue weighted by atomic mass is 16.6. The Morgan fingerprint density at radius 2 is 1.62 bits per heavy atom. The second kappa shape index (κ2) is 5.60. The molecule has 3 rings (SSSR count). The molecular weight excluding hydrogens is 262 g/mol. The maximum absolute atomic E-state index is 11.0. The van der Waals surface area contributed by atoms with Gasteiger partial charge in [-0.1, -0.05) is 60.7 Å². The summed E-state index contributed by atoms with van der Waals surface area (Å²) in [7, 11) is 2.02. The lowest BCUT2D eigenvalue weighted by atomic mass is 9.96. The van der Waals surface area contributed by atoms with E-state index < -0.39 is 5.79 Å². The molecule has 3 nitrogen and oxygen atoms in total. The Hall–Kier alpha value is -1.68. The molecule has 0 aliphatic carbocycles. The monoisotopic (exact) mass is 283 g/mol. The summed E-state index contributed by atoms with van der Waals surface area (Å²) >= 11 is 0. The quantitative estimate of drug-likeness (QED) is 0.920. The van der Waals surface area contributed by atoms with E-state index in [0.717, 1.165) is 11.1 Å². The third-order valence-corrected chi connectivity index (χ3v) is 4.27. The van der Waals surface area contributed by atoms with E-state index in [-0.39, 0.29) is 12.1 Å². The first-order valence-corrected chi connectivity index (χ1v) is 7.31. The molecule has 3 atom stereocenters. The lowest BCUT2D eigenvalue weighted by Gasteiger charge is -2.46. The van der Waals surface area contributed by atoms with Gasteiger partial charge < -0.3 is 9.84 Å². The van der Waals surface area contributed by atoms with Gasteiger partial charge in [-0.05, 0) is 19.5 Å². The van der Waals surface area contributed by atoms with Crippen LogP contribution in [0.1, 0.15) is 24.2 Å². The normalized spacial score (nSPS) is 30.2. The van der Waals surface area contributed by atoms with Gasteiger partial charge >= 0.3 is 0 Å². The highest BCUT2D eigenvalue weighted by molar-refractivity contribution is 5.24. The van der Waals surface area contributed by atoms with Crippen LogP contribution in [0.5, 0.6) is 0 Å². The van der Waals surface area contributed by atoms with Crippen LogP contribution in [0.3, 0.4) is 0 Å². The maximum atomic E-state index is 11.0. The molecule has 0 bridgehead atoms. The number of hydrogen-bond acceptors (Lipinski definition) is 3. The molecule has 1 aliphatic heterocycles. The molecular formula is C18H21NO2. The molecule has 0 radical (unpaired) electrons. The molecule has 2 aromatic carbocycles. The van der Waals surface area contributed by atoms with Crippen molar-refractivity contribution < 1.29 is 9.84 Å². The van der Waals surface area contributed by atoms with E-state index in [1.807, 2.05) is 67.7 Å². The standard InChI is InChI=1S/C18H21NO2/c1-14-17(15-9-5-3-6-10-15)21-18(20,13-19(14)2)16-11-7-4-8-12-16/h3-12,14,17,20H,13H2,1-2H3. The van der Waals surface area contributed by atoms with Gasteiger partial charge in [-0.2, -0.15) is 0 Å². The largest absolute Gasteiger partial charge is 0.361 e. The molecule has 21 heavy (non-hydrogen) atoms. The van der Waals surface area contributed by atoms with Gasteiger partial charge in [0.15, 0.2) is 0 Å². The Bertz CT molecular complexity index is 587. The number of nitrogens with zero attached hydrogens (tertiary/aromatic N) is 1. The Kier molecular flexibility index (Phi) is 3.81. The summed E-state index contributed by atoms with van der Waals surface area (Å²) in [5, 5.41) is 11.0. The zero-order valence-electron chi connectivity index (χ0n) is 12.4. The van der Waals surface area contributed by atoms with E-state index in [4.69, 9.17) is 4.74 Å². The minimum Gasteiger partial charge on any atom is -0.361 e. The van der Waals surface area contributed by atoms with Gasteiger partial charge in [0.2, 0.25) is 5.79 Å². The van der Waals surface area contributed by atoms with E-state index >= 15 is 0 Å². The van der Waals surface area contributed by atoms with Crippen molar-refractivity contribution in [1.82, 2.24) is 4.90 Å². The average Bonchev–Trinajstić information content (AvgIpc) is 2.53. The topological polar surface area (TPSA) is 32.7 Å². The van der Waals surface area contributed by atoms with Crippen molar-refractivity contribution in [3.05, 3.63) is 71.8 Å². The summed E-state index contributed by atoms with van der Waals surface area (Å²) in [5.74, 6) is -1.27. The van der Waals surface area contributed by atoms with Gasteiger partial charge in [-0.3, -0.25) is 4.90 Å². The highest BCUT2D eigenvalue weighted by Crippen LogP contribution is 2.38. The zero-order chi connectivity index (χ0) is 14.9. The van der Waals surface area contributed by atoms with Crippen molar-refractivity contribution in [3.8, 4) is 0 Å². The fraction of sp³-hybridized carbons (Fsp3) is 0.333. The molecule has 1 aliphatic rings. The van der Waals surface area contributed by atoms with E-state index in [1.165, 1.54) is 0 Å². The van der Waals surface area contributed by atoms with Crippen LogP contribution >= 0.6 is 0 Å². The van der Waals surface area contributed by atoms with Crippen molar-refractivity contribution in [2.75, 3.05) is 13.6 Å². The molecule has 1 N–H and O–H groups in total. The summed E-state index contributed by atoms with van der Waals surface area (Å²) in [6.45, 7) is 2.59. The summed E-state index contributed by atoms with van der Waals surface area (Å²) in [6.07, 6.45) is -0.157. The lowest BCUT2D eigenvalue weighted by Crippen LogP contribution is -2.53. The van der Waals surface area contributed by atoms with Crippen LogP contribution in [0.2, 0.25) is 0 Å². The van der Waals surface area contributed by atoms with Crippen LogP contribution in [0.15, 0.2) is 60.7 Å². The first kappa shape index (κ1) is 14.3. The number of β-amino-alcohol motifs (C(OH)–C–C–N with tert-alkyl or cyclic N) is 1. The Morgan fingerprint density at radius 3 is 2.24 bits per heavy atom. The van der Waals surface area contributed by atoms with Crippen LogP contribution in [0.25, 0.3) is 0 Å². The van der Waals surface area contributed by atoms with Crippen molar-refractivity contribution in [2.45, 2.75) is 24.9 Å². The maximum Gasteiger partial charge on any atom is 0.206 e. The summed E-state index contributed by atoms with van der Waals surface area (Å²) in [5.41, 5.74) is 1.88. The lowest BCUT2D eigenvalue weighted by molar-refractivity contribution is -0.289. The Morgan fingerprint density at radius 1 is 1.05 bits per heavy atom. The molecule has 0 spiro atoms. The van der Waals surface area contributed by atoms with Crippen molar-refractivity contribution in [2.24, 2.45) is 0 Å².